The first kappa shape index (κ1) is 13.2. The minimum Gasteiger partial charge on any atom is -0.296 e. The summed E-state index contributed by atoms with van der Waals surface area (Å²) in [6.45, 7) is 6.33. The van der Waals surface area contributed by atoms with E-state index in [1.807, 2.05) is 0 Å². The molecule has 0 saturated carbocycles. The number of aromatic nitrogens is 3. The van der Waals surface area contributed by atoms with Gasteiger partial charge in [0.05, 0.1) is 10.7 Å². The first-order valence-corrected chi connectivity index (χ1v) is 6.95. The lowest BCUT2D eigenvalue weighted by atomic mass is 9.96. The van der Waals surface area contributed by atoms with Crippen molar-refractivity contribution in [1.29, 1.82) is 0 Å². The molecule has 1 amide bonds. The fraction of sp³-hybridized carbons (Fsp3) is 0.364. The van der Waals surface area contributed by atoms with E-state index in [-0.39, 0.29) is 11.3 Å². The Kier molecular flexibility index (Phi) is 3.54. The van der Waals surface area contributed by atoms with Crippen molar-refractivity contribution in [2.45, 2.75) is 26.2 Å². The van der Waals surface area contributed by atoms with Crippen LogP contribution in [-0.4, -0.2) is 21.1 Å². The van der Waals surface area contributed by atoms with Gasteiger partial charge in [-0.3, -0.25) is 15.2 Å². The molecule has 2 rings (SSSR count). The Bertz CT molecular complexity index is 570. The molecule has 0 aromatic carbocycles. The Morgan fingerprint density at radius 3 is 2.67 bits per heavy atom. The van der Waals surface area contributed by atoms with E-state index >= 15 is 0 Å². The van der Waals surface area contributed by atoms with Crippen molar-refractivity contribution in [3.05, 3.63) is 27.4 Å². The van der Waals surface area contributed by atoms with Crippen LogP contribution in [0.25, 0.3) is 0 Å². The predicted molar refractivity (Wildman–Crippen MR) is 75.1 cm³/mol. The number of rotatable bonds is 2. The Balaban J connectivity index is 2.13. The van der Waals surface area contributed by atoms with Crippen molar-refractivity contribution in [1.82, 2.24) is 15.2 Å². The van der Waals surface area contributed by atoms with Crippen molar-refractivity contribution < 1.29 is 4.79 Å². The molecule has 0 atom stereocenters. The van der Waals surface area contributed by atoms with Gasteiger partial charge in [-0.25, -0.2) is 4.98 Å². The lowest BCUT2D eigenvalue weighted by Crippen LogP contribution is -2.12. The summed E-state index contributed by atoms with van der Waals surface area (Å²) in [6.07, 6.45) is 3.33. The van der Waals surface area contributed by atoms with E-state index in [4.69, 9.17) is 0 Å². The SMILES string of the molecule is CC(C)(C)c1cnc(NC(=O)c2[nH]ncc2Br)s1. The summed E-state index contributed by atoms with van der Waals surface area (Å²) in [5.74, 6) is -0.255. The van der Waals surface area contributed by atoms with Crippen LogP contribution in [0.1, 0.15) is 36.1 Å². The molecule has 18 heavy (non-hydrogen) atoms. The molecular weight excluding hydrogens is 316 g/mol. The molecule has 5 nitrogen and oxygen atoms in total. The van der Waals surface area contributed by atoms with Gasteiger partial charge >= 0.3 is 0 Å². The number of amides is 1. The molecule has 96 valence electrons. The highest BCUT2D eigenvalue weighted by Crippen LogP contribution is 2.30. The van der Waals surface area contributed by atoms with Crippen LogP contribution in [0.15, 0.2) is 16.9 Å². The number of hydrogen-bond acceptors (Lipinski definition) is 4. The van der Waals surface area contributed by atoms with Gasteiger partial charge in [0.2, 0.25) is 0 Å². The second-order valence-electron chi connectivity index (χ2n) is 4.83. The van der Waals surface area contributed by atoms with Crippen LogP contribution in [0.2, 0.25) is 0 Å². The second kappa shape index (κ2) is 4.81. The molecule has 0 radical (unpaired) electrons. The van der Waals surface area contributed by atoms with E-state index in [9.17, 15) is 4.79 Å². The molecule has 0 aliphatic heterocycles. The maximum absolute atomic E-state index is 11.9. The smallest absolute Gasteiger partial charge is 0.276 e. The normalized spacial score (nSPS) is 11.6. The first-order chi connectivity index (χ1) is 8.38. The van der Waals surface area contributed by atoms with Crippen molar-refractivity contribution in [2.75, 3.05) is 5.32 Å². The van der Waals surface area contributed by atoms with E-state index in [0.717, 1.165) is 4.88 Å². The summed E-state index contributed by atoms with van der Waals surface area (Å²) in [4.78, 5) is 17.2. The molecule has 2 aromatic rings. The van der Waals surface area contributed by atoms with E-state index in [0.29, 0.717) is 15.3 Å². The van der Waals surface area contributed by atoms with Gasteiger partial charge < -0.3 is 0 Å². The summed E-state index contributed by atoms with van der Waals surface area (Å²) < 4.78 is 0.632. The van der Waals surface area contributed by atoms with Crippen LogP contribution < -0.4 is 5.32 Å². The molecule has 0 bridgehead atoms. The zero-order chi connectivity index (χ0) is 13.3. The quantitative estimate of drug-likeness (QED) is 0.889. The van der Waals surface area contributed by atoms with Gasteiger partial charge in [-0.15, -0.1) is 11.3 Å². The molecule has 7 heteroatoms. The minimum atomic E-state index is -0.255. The zero-order valence-corrected chi connectivity index (χ0v) is 12.6. The highest BCUT2D eigenvalue weighted by atomic mass is 79.9. The number of nitrogens with zero attached hydrogens (tertiary/aromatic N) is 2. The molecule has 2 N–H and O–H groups in total. The lowest BCUT2D eigenvalue weighted by Gasteiger charge is -2.14. The Hall–Kier alpha value is -1.21. The standard InChI is InChI=1S/C11H13BrN4OS/c1-11(2,3)7-5-13-10(18-7)15-9(17)8-6(12)4-14-16-8/h4-5H,1-3H3,(H,14,16)(H,13,15,17). The van der Waals surface area contributed by atoms with E-state index in [2.05, 4.69) is 57.2 Å². The zero-order valence-electron chi connectivity index (χ0n) is 10.2. The van der Waals surface area contributed by atoms with Gasteiger partial charge in [-0.1, -0.05) is 20.8 Å². The van der Waals surface area contributed by atoms with Gasteiger partial charge in [0, 0.05) is 11.1 Å². The van der Waals surface area contributed by atoms with Crippen LogP contribution in [0.4, 0.5) is 5.13 Å². The van der Waals surface area contributed by atoms with Gasteiger partial charge in [-0.2, -0.15) is 5.10 Å². The summed E-state index contributed by atoms with van der Waals surface area (Å²) in [5.41, 5.74) is 0.428. The average molecular weight is 329 g/mol. The van der Waals surface area contributed by atoms with Crippen molar-refractivity contribution in [3.63, 3.8) is 0 Å². The third kappa shape index (κ3) is 2.78. The molecule has 2 aromatic heterocycles. The Morgan fingerprint density at radius 1 is 1.44 bits per heavy atom. The topological polar surface area (TPSA) is 70.7 Å². The van der Waals surface area contributed by atoms with Gasteiger partial charge in [0.25, 0.3) is 5.91 Å². The summed E-state index contributed by atoms with van der Waals surface area (Å²) in [7, 11) is 0. The van der Waals surface area contributed by atoms with Crippen LogP contribution in [0, 0.1) is 0 Å². The number of H-pyrrole nitrogens is 1. The number of nitrogens with one attached hydrogen (secondary N) is 2. The van der Waals surface area contributed by atoms with E-state index in [1.54, 1.807) is 6.20 Å². The monoisotopic (exact) mass is 328 g/mol. The highest BCUT2D eigenvalue weighted by Gasteiger charge is 2.19. The fourth-order valence-corrected chi connectivity index (χ4v) is 2.51. The molecule has 0 unspecified atom stereocenters. The average Bonchev–Trinajstić information content (AvgIpc) is 2.85. The van der Waals surface area contributed by atoms with Gasteiger partial charge in [0.1, 0.15) is 5.69 Å². The number of thiazole rings is 1. The Morgan fingerprint density at radius 2 is 2.17 bits per heavy atom. The number of aromatic amines is 1. The third-order valence-corrected chi connectivity index (χ3v) is 4.23. The number of carbonyl (C=O) groups excluding carboxylic acids is 1. The van der Waals surface area contributed by atoms with Gasteiger partial charge in [-0.05, 0) is 21.3 Å². The number of halogens is 1. The summed E-state index contributed by atoms with van der Waals surface area (Å²) >= 11 is 4.72. The van der Waals surface area contributed by atoms with Crippen LogP contribution in [-0.2, 0) is 5.41 Å². The number of anilines is 1. The fourth-order valence-electron chi connectivity index (χ4n) is 1.27. The summed E-state index contributed by atoms with van der Waals surface area (Å²) in [5, 5.41) is 9.74. The van der Waals surface area contributed by atoms with Crippen LogP contribution >= 0.6 is 27.3 Å². The minimum absolute atomic E-state index is 0.0369. The van der Waals surface area contributed by atoms with Crippen LogP contribution in [0.3, 0.4) is 0 Å². The maximum atomic E-state index is 11.9. The molecule has 0 aliphatic carbocycles. The highest BCUT2D eigenvalue weighted by molar-refractivity contribution is 9.10. The second-order valence-corrected chi connectivity index (χ2v) is 6.71. The van der Waals surface area contributed by atoms with E-state index < -0.39 is 0 Å². The number of hydrogen-bond donors (Lipinski definition) is 2. The lowest BCUT2D eigenvalue weighted by molar-refractivity contribution is 0.102. The molecule has 2 heterocycles. The molecule has 0 fully saturated rings. The van der Waals surface area contributed by atoms with Crippen LogP contribution in [0.5, 0.6) is 0 Å². The molecule has 0 saturated heterocycles. The number of carbonyl (C=O) groups is 1. The van der Waals surface area contributed by atoms with Crippen molar-refractivity contribution in [3.8, 4) is 0 Å². The Labute approximate surface area is 117 Å². The maximum Gasteiger partial charge on any atom is 0.276 e. The van der Waals surface area contributed by atoms with E-state index in [1.165, 1.54) is 17.5 Å². The van der Waals surface area contributed by atoms with Crippen molar-refractivity contribution >= 4 is 38.3 Å². The molecular formula is C11H13BrN4OS. The largest absolute Gasteiger partial charge is 0.296 e. The predicted octanol–water partition coefficient (Wildman–Crippen LogP) is 3.18. The van der Waals surface area contributed by atoms with Gasteiger partial charge in [0.15, 0.2) is 5.13 Å². The first-order valence-electron chi connectivity index (χ1n) is 5.34. The molecule has 0 spiro atoms. The third-order valence-electron chi connectivity index (χ3n) is 2.29. The molecule has 0 aliphatic rings. The summed E-state index contributed by atoms with van der Waals surface area (Å²) in [6, 6.07) is 0. The van der Waals surface area contributed by atoms with Crippen molar-refractivity contribution in [2.24, 2.45) is 0 Å².